The zero-order valence-corrected chi connectivity index (χ0v) is 12.2. The van der Waals surface area contributed by atoms with Crippen molar-refractivity contribution in [3.8, 4) is 5.75 Å². The SMILES string of the molecule is O=C(O)C1CN(C(=O)CC2Oc3ccccc3NC2=O)CCO1. The van der Waals surface area contributed by atoms with E-state index >= 15 is 0 Å². The summed E-state index contributed by atoms with van der Waals surface area (Å²) in [5.74, 6) is -1.32. The average molecular weight is 320 g/mol. The Labute approximate surface area is 132 Å². The first kappa shape index (κ1) is 15.3. The Kier molecular flexibility index (Phi) is 4.16. The molecule has 0 spiro atoms. The number of carbonyl (C=O) groups is 3. The minimum absolute atomic E-state index is 0.0287. The summed E-state index contributed by atoms with van der Waals surface area (Å²) < 4.78 is 10.6. The number of ether oxygens (including phenoxy) is 2. The molecule has 1 aromatic rings. The number of hydrogen-bond donors (Lipinski definition) is 2. The van der Waals surface area contributed by atoms with Crippen molar-refractivity contribution in [2.24, 2.45) is 0 Å². The fourth-order valence-corrected chi connectivity index (χ4v) is 2.54. The van der Waals surface area contributed by atoms with E-state index in [2.05, 4.69) is 5.32 Å². The topological polar surface area (TPSA) is 105 Å². The monoisotopic (exact) mass is 320 g/mol. The Morgan fingerprint density at radius 3 is 2.91 bits per heavy atom. The zero-order valence-electron chi connectivity index (χ0n) is 12.2. The van der Waals surface area contributed by atoms with Crippen LogP contribution in [0.2, 0.25) is 0 Å². The summed E-state index contributed by atoms with van der Waals surface area (Å²) in [6.07, 6.45) is -2.11. The standard InChI is InChI=1S/C15H16N2O6/c18-13(17-5-6-22-12(8-17)15(20)21)7-11-14(19)16-9-3-1-2-4-10(9)23-11/h1-4,11-12H,5-8H2,(H,16,19)(H,20,21). The number of amides is 2. The van der Waals surface area contributed by atoms with Gasteiger partial charge in [-0.2, -0.15) is 0 Å². The highest BCUT2D eigenvalue weighted by molar-refractivity contribution is 6.00. The van der Waals surface area contributed by atoms with Gasteiger partial charge in [-0.15, -0.1) is 0 Å². The molecule has 0 saturated carbocycles. The second-order valence-electron chi connectivity index (χ2n) is 5.33. The number of fused-ring (bicyclic) bond motifs is 1. The average Bonchev–Trinajstić information content (AvgIpc) is 2.55. The maximum absolute atomic E-state index is 12.3. The van der Waals surface area contributed by atoms with E-state index in [9.17, 15) is 14.4 Å². The van der Waals surface area contributed by atoms with E-state index in [0.29, 0.717) is 18.0 Å². The molecular weight excluding hydrogens is 304 g/mol. The molecule has 2 unspecified atom stereocenters. The van der Waals surface area contributed by atoms with Crippen LogP contribution in [-0.4, -0.2) is 59.7 Å². The zero-order chi connectivity index (χ0) is 16.4. The molecule has 23 heavy (non-hydrogen) atoms. The van der Waals surface area contributed by atoms with E-state index in [-0.39, 0.29) is 31.4 Å². The van der Waals surface area contributed by atoms with Gasteiger partial charge in [-0.25, -0.2) is 4.79 Å². The number of carboxylic acid groups (broad SMARTS) is 1. The summed E-state index contributed by atoms with van der Waals surface area (Å²) in [5.41, 5.74) is 0.568. The minimum Gasteiger partial charge on any atom is -0.479 e. The van der Waals surface area contributed by atoms with Crippen LogP contribution in [0.1, 0.15) is 6.42 Å². The van der Waals surface area contributed by atoms with Crippen LogP contribution in [0.25, 0.3) is 0 Å². The first-order chi connectivity index (χ1) is 11.0. The molecule has 0 bridgehead atoms. The molecule has 2 atom stereocenters. The predicted octanol–water partition coefficient (Wildman–Crippen LogP) is 0.0882. The fourth-order valence-electron chi connectivity index (χ4n) is 2.54. The van der Waals surface area contributed by atoms with Gasteiger partial charge in [0.1, 0.15) is 5.75 Å². The van der Waals surface area contributed by atoms with Crippen LogP contribution >= 0.6 is 0 Å². The molecule has 8 nitrogen and oxygen atoms in total. The van der Waals surface area contributed by atoms with Gasteiger partial charge in [0, 0.05) is 6.54 Å². The minimum atomic E-state index is -1.11. The number of rotatable bonds is 3. The summed E-state index contributed by atoms with van der Waals surface area (Å²) in [5, 5.41) is 11.7. The Morgan fingerprint density at radius 1 is 1.35 bits per heavy atom. The third kappa shape index (κ3) is 3.26. The summed E-state index contributed by atoms with van der Waals surface area (Å²) in [6, 6.07) is 6.97. The number of hydrogen-bond acceptors (Lipinski definition) is 5. The number of carboxylic acids is 1. The highest BCUT2D eigenvalue weighted by atomic mass is 16.5. The lowest BCUT2D eigenvalue weighted by atomic mass is 10.1. The third-order valence-corrected chi connectivity index (χ3v) is 3.76. The van der Waals surface area contributed by atoms with Crippen LogP contribution < -0.4 is 10.1 Å². The van der Waals surface area contributed by atoms with E-state index in [4.69, 9.17) is 14.6 Å². The van der Waals surface area contributed by atoms with Gasteiger partial charge in [0.15, 0.2) is 12.2 Å². The number of benzene rings is 1. The van der Waals surface area contributed by atoms with E-state index in [1.165, 1.54) is 4.90 Å². The van der Waals surface area contributed by atoms with Gasteiger partial charge < -0.3 is 24.8 Å². The van der Waals surface area contributed by atoms with Crippen molar-refractivity contribution in [2.45, 2.75) is 18.6 Å². The second-order valence-corrected chi connectivity index (χ2v) is 5.33. The van der Waals surface area contributed by atoms with E-state index in [1.54, 1.807) is 24.3 Å². The van der Waals surface area contributed by atoms with Crippen LogP contribution in [0.15, 0.2) is 24.3 Å². The van der Waals surface area contributed by atoms with Crippen molar-refractivity contribution in [1.29, 1.82) is 0 Å². The quantitative estimate of drug-likeness (QED) is 0.817. The Bertz CT molecular complexity index is 647. The maximum atomic E-state index is 12.3. The highest BCUT2D eigenvalue weighted by Crippen LogP contribution is 2.29. The predicted molar refractivity (Wildman–Crippen MR) is 78.1 cm³/mol. The molecule has 3 rings (SSSR count). The molecule has 2 amide bonds. The molecule has 1 saturated heterocycles. The molecule has 1 fully saturated rings. The molecule has 1 aromatic carbocycles. The Hall–Kier alpha value is -2.61. The lowest BCUT2D eigenvalue weighted by molar-refractivity contribution is -0.160. The van der Waals surface area contributed by atoms with Crippen LogP contribution in [0.5, 0.6) is 5.75 Å². The van der Waals surface area contributed by atoms with E-state index in [1.807, 2.05) is 0 Å². The van der Waals surface area contributed by atoms with Crippen molar-refractivity contribution in [1.82, 2.24) is 4.90 Å². The summed E-state index contributed by atoms with van der Waals surface area (Å²) >= 11 is 0. The van der Waals surface area contributed by atoms with Crippen LogP contribution in [0.4, 0.5) is 5.69 Å². The van der Waals surface area contributed by atoms with Gasteiger partial charge in [0.2, 0.25) is 5.91 Å². The molecule has 122 valence electrons. The smallest absolute Gasteiger partial charge is 0.334 e. The van der Waals surface area contributed by atoms with Crippen LogP contribution in [0.3, 0.4) is 0 Å². The van der Waals surface area contributed by atoms with Gasteiger partial charge in [-0.1, -0.05) is 12.1 Å². The fraction of sp³-hybridized carbons (Fsp3) is 0.400. The maximum Gasteiger partial charge on any atom is 0.334 e. The Morgan fingerprint density at radius 2 is 2.13 bits per heavy atom. The summed E-state index contributed by atoms with van der Waals surface area (Å²) in [6.45, 7) is 0.426. The van der Waals surface area contributed by atoms with Crippen LogP contribution in [-0.2, 0) is 19.1 Å². The molecule has 2 N–H and O–H groups in total. The van der Waals surface area contributed by atoms with Gasteiger partial charge in [0.25, 0.3) is 5.91 Å². The molecule has 0 radical (unpaired) electrons. The lowest BCUT2D eigenvalue weighted by Gasteiger charge is -2.32. The van der Waals surface area contributed by atoms with E-state index < -0.39 is 18.2 Å². The van der Waals surface area contributed by atoms with Crippen molar-refractivity contribution >= 4 is 23.5 Å². The molecule has 2 aliphatic rings. The van der Waals surface area contributed by atoms with Gasteiger partial charge in [0.05, 0.1) is 25.3 Å². The highest BCUT2D eigenvalue weighted by Gasteiger charge is 2.34. The number of carbonyl (C=O) groups excluding carboxylic acids is 2. The molecule has 2 heterocycles. The third-order valence-electron chi connectivity index (χ3n) is 3.76. The largest absolute Gasteiger partial charge is 0.479 e. The number of nitrogens with zero attached hydrogens (tertiary/aromatic N) is 1. The van der Waals surface area contributed by atoms with Crippen LogP contribution in [0, 0.1) is 0 Å². The van der Waals surface area contributed by atoms with Gasteiger partial charge in [-0.3, -0.25) is 9.59 Å². The second kappa shape index (κ2) is 6.25. The van der Waals surface area contributed by atoms with Gasteiger partial charge in [-0.05, 0) is 12.1 Å². The van der Waals surface area contributed by atoms with E-state index in [0.717, 1.165) is 0 Å². The van der Waals surface area contributed by atoms with Crippen molar-refractivity contribution in [2.75, 3.05) is 25.0 Å². The molecule has 8 heteroatoms. The molecule has 0 aliphatic carbocycles. The molecule has 2 aliphatic heterocycles. The van der Waals surface area contributed by atoms with Crippen molar-refractivity contribution < 1.29 is 29.0 Å². The number of para-hydroxylation sites is 2. The normalized spacial score (nSPS) is 23.5. The van der Waals surface area contributed by atoms with Crippen molar-refractivity contribution in [3.05, 3.63) is 24.3 Å². The lowest BCUT2D eigenvalue weighted by Crippen LogP contribution is -2.50. The number of aliphatic carboxylic acids is 1. The number of anilines is 1. The van der Waals surface area contributed by atoms with Gasteiger partial charge >= 0.3 is 5.97 Å². The first-order valence-corrected chi connectivity index (χ1v) is 7.23. The Balaban J connectivity index is 1.64. The number of nitrogens with one attached hydrogen (secondary N) is 1. The summed E-state index contributed by atoms with van der Waals surface area (Å²) in [4.78, 5) is 36.7. The molecule has 0 aromatic heterocycles. The number of morpholine rings is 1. The summed E-state index contributed by atoms with van der Waals surface area (Å²) in [7, 11) is 0. The molecular formula is C15H16N2O6. The first-order valence-electron chi connectivity index (χ1n) is 7.23. The van der Waals surface area contributed by atoms with Crippen molar-refractivity contribution in [3.63, 3.8) is 0 Å².